The molecule has 0 radical (unpaired) electrons. The van der Waals surface area contributed by atoms with Crippen LogP contribution in [0.15, 0.2) is 24.3 Å². The Bertz CT molecular complexity index is 349. The zero-order valence-corrected chi connectivity index (χ0v) is 9.03. The Morgan fingerprint density at radius 2 is 2.13 bits per heavy atom. The van der Waals surface area contributed by atoms with E-state index >= 15 is 0 Å². The zero-order chi connectivity index (χ0) is 11.4. The van der Waals surface area contributed by atoms with Gasteiger partial charge in [0.2, 0.25) is 0 Å². The number of Topliss-reactive ketones (excluding diaryl/α,β-unsaturated/α-hetero) is 1. The molecule has 0 aliphatic rings. The standard InChI is InChI=1S/C12H16FNO/c1-8(2)12(14)11(15)7-9-4-3-5-10(13)6-9/h3-6,8,12H,7,14H2,1-2H3. The van der Waals surface area contributed by atoms with Crippen LogP contribution in [0.4, 0.5) is 4.39 Å². The quantitative estimate of drug-likeness (QED) is 0.823. The first-order valence-electron chi connectivity index (χ1n) is 5.03. The van der Waals surface area contributed by atoms with Crippen molar-refractivity contribution in [1.82, 2.24) is 0 Å². The molecule has 1 unspecified atom stereocenters. The molecule has 0 heterocycles. The lowest BCUT2D eigenvalue weighted by atomic mass is 9.96. The monoisotopic (exact) mass is 209 g/mol. The lowest BCUT2D eigenvalue weighted by Gasteiger charge is -2.13. The van der Waals surface area contributed by atoms with E-state index in [9.17, 15) is 9.18 Å². The fourth-order valence-corrected chi connectivity index (χ4v) is 1.34. The van der Waals surface area contributed by atoms with Gasteiger partial charge in [0, 0.05) is 6.42 Å². The SMILES string of the molecule is CC(C)C(N)C(=O)Cc1cccc(F)c1. The molecular weight excluding hydrogens is 193 g/mol. The molecule has 0 fully saturated rings. The molecule has 0 saturated heterocycles. The Kier molecular flexibility index (Phi) is 3.97. The minimum Gasteiger partial charge on any atom is -0.321 e. The summed E-state index contributed by atoms with van der Waals surface area (Å²) in [6.45, 7) is 3.79. The zero-order valence-electron chi connectivity index (χ0n) is 9.03. The van der Waals surface area contributed by atoms with Crippen LogP contribution < -0.4 is 5.73 Å². The van der Waals surface area contributed by atoms with Crippen molar-refractivity contribution in [3.8, 4) is 0 Å². The minimum atomic E-state index is -0.465. The van der Waals surface area contributed by atoms with Gasteiger partial charge in [0.25, 0.3) is 0 Å². The van der Waals surface area contributed by atoms with Crippen molar-refractivity contribution in [2.24, 2.45) is 11.7 Å². The fourth-order valence-electron chi connectivity index (χ4n) is 1.34. The van der Waals surface area contributed by atoms with Crippen LogP contribution in [0.25, 0.3) is 0 Å². The fraction of sp³-hybridized carbons (Fsp3) is 0.417. The van der Waals surface area contributed by atoms with Gasteiger partial charge in [-0.05, 0) is 23.6 Å². The maximum absolute atomic E-state index is 12.8. The van der Waals surface area contributed by atoms with Crippen molar-refractivity contribution < 1.29 is 9.18 Å². The molecular formula is C12H16FNO. The molecule has 3 heteroatoms. The Morgan fingerprint density at radius 1 is 1.47 bits per heavy atom. The average Bonchev–Trinajstić information content (AvgIpc) is 2.16. The highest BCUT2D eigenvalue weighted by molar-refractivity contribution is 5.86. The number of carbonyl (C=O) groups excluding carboxylic acids is 1. The van der Waals surface area contributed by atoms with E-state index in [-0.39, 0.29) is 23.9 Å². The summed E-state index contributed by atoms with van der Waals surface area (Å²) in [5, 5.41) is 0. The van der Waals surface area contributed by atoms with E-state index in [1.165, 1.54) is 12.1 Å². The van der Waals surface area contributed by atoms with Crippen LogP contribution in [-0.4, -0.2) is 11.8 Å². The van der Waals surface area contributed by atoms with E-state index in [0.717, 1.165) is 0 Å². The number of hydrogen-bond acceptors (Lipinski definition) is 2. The number of ketones is 1. The Balaban J connectivity index is 2.66. The Morgan fingerprint density at radius 3 is 2.67 bits per heavy atom. The van der Waals surface area contributed by atoms with Gasteiger partial charge in [0.15, 0.2) is 5.78 Å². The molecule has 1 aromatic rings. The molecule has 2 nitrogen and oxygen atoms in total. The number of hydrogen-bond donors (Lipinski definition) is 1. The molecule has 1 aromatic carbocycles. The van der Waals surface area contributed by atoms with Gasteiger partial charge in [-0.3, -0.25) is 4.79 Å². The van der Waals surface area contributed by atoms with E-state index in [0.29, 0.717) is 5.56 Å². The summed E-state index contributed by atoms with van der Waals surface area (Å²) in [6.07, 6.45) is 0.205. The first-order valence-corrected chi connectivity index (χ1v) is 5.03. The lowest BCUT2D eigenvalue weighted by Crippen LogP contribution is -2.36. The van der Waals surface area contributed by atoms with Gasteiger partial charge in [0.05, 0.1) is 6.04 Å². The number of halogens is 1. The summed E-state index contributed by atoms with van der Waals surface area (Å²) >= 11 is 0. The molecule has 0 aliphatic carbocycles. The van der Waals surface area contributed by atoms with Crippen LogP contribution in [0.5, 0.6) is 0 Å². The maximum Gasteiger partial charge on any atom is 0.154 e. The third kappa shape index (κ3) is 3.44. The van der Waals surface area contributed by atoms with Gasteiger partial charge in [0.1, 0.15) is 5.82 Å². The second-order valence-corrected chi connectivity index (χ2v) is 4.04. The van der Waals surface area contributed by atoms with Crippen molar-refractivity contribution in [1.29, 1.82) is 0 Å². The van der Waals surface area contributed by atoms with E-state index in [4.69, 9.17) is 5.73 Å². The smallest absolute Gasteiger partial charge is 0.154 e. The number of carbonyl (C=O) groups is 1. The minimum absolute atomic E-state index is 0.0457. The summed E-state index contributed by atoms with van der Waals surface area (Å²) in [5.74, 6) is -0.250. The number of nitrogens with two attached hydrogens (primary N) is 1. The van der Waals surface area contributed by atoms with Crippen LogP contribution in [0.1, 0.15) is 19.4 Å². The third-order valence-electron chi connectivity index (χ3n) is 2.36. The summed E-state index contributed by atoms with van der Waals surface area (Å²) < 4.78 is 12.8. The largest absolute Gasteiger partial charge is 0.321 e. The average molecular weight is 209 g/mol. The molecule has 0 amide bonds. The molecule has 15 heavy (non-hydrogen) atoms. The Hall–Kier alpha value is -1.22. The summed E-state index contributed by atoms with van der Waals surface area (Å²) in [7, 11) is 0. The Labute approximate surface area is 89.3 Å². The van der Waals surface area contributed by atoms with E-state index in [2.05, 4.69) is 0 Å². The second-order valence-electron chi connectivity index (χ2n) is 4.04. The topological polar surface area (TPSA) is 43.1 Å². The van der Waals surface area contributed by atoms with Crippen molar-refractivity contribution in [3.63, 3.8) is 0 Å². The van der Waals surface area contributed by atoms with Gasteiger partial charge in [-0.2, -0.15) is 0 Å². The van der Waals surface area contributed by atoms with Crippen molar-refractivity contribution in [2.45, 2.75) is 26.3 Å². The first-order chi connectivity index (χ1) is 7.00. The van der Waals surface area contributed by atoms with E-state index in [1.807, 2.05) is 13.8 Å². The van der Waals surface area contributed by atoms with Gasteiger partial charge < -0.3 is 5.73 Å². The predicted octanol–water partition coefficient (Wildman–Crippen LogP) is 1.92. The number of rotatable bonds is 4. The molecule has 2 N–H and O–H groups in total. The first kappa shape index (κ1) is 11.9. The number of benzene rings is 1. The van der Waals surface area contributed by atoms with Crippen molar-refractivity contribution in [3.05, 3.63) is 35.6 Å². The van der Waals surface area contributed by atoms with Crippen LogP contribution >= 0.6 is 0 Å². The van der Waals surface area contributed by atoms with Crippen molar-refractivity contribution >= 4 is 5.78 Å². The van der Waals surface area contributed by atoms with Crippen LogP contribution in [0.3, 0.4) is 0 Å². The van der Waals surface area contributed by atoms with Crippen LogP contribution in [-0.2, 0) is 11.2 Å². The predicted molar refractivity (Wildman–Crippen MR) is 57.9 cm³/mol. The van der Waals surface area contributed by atoms with Gasteiger partial charge >= 0.3 is 0 Å². The van der Waals surface area contributed by atoms with Crippen molar-refractivity contribution in [2.75, 3.05) is 0 Å². The molecule has 1 atom stereocenters. The summed E-state index contributed by atoms with van der Waals surface area (Å²) in [5.41, 5.74) is 6.38. The van der Waals surface area contributed by atoms with E-state index < -0.39 is 6.04 Å². The molecule has 0 saturated carbocycles. The van der Waals surface area contributed by atoms with Gasteiger partial charge in [-0.15, -0.1) is 0 Å². The van der Waals surface area contributed by atoms with Gasteiger partial charge in [-0.1, -0.05) is 26.0 Å². The normalized spacial score (nSPS) is 12.9. The molecule has 0 aromatic heterocycles. The maximum atomic E-state index is 12.8. The summed E-state index contributed by atoms with van der Waals surface area (Å²) in [4.78, 5) is 11.6. The highest BCUT2D eigenvalue weighted by Crippen LogP contribution is 2.08. The highest BCUT2D eigenvalue weighted by atomic mass is 19.1. The highest BCUT2D eigenvalue weighted by Gasteiger charge is 2.17. The molecule has 0 bridgehead atoms. The molecule has 0 aliphatic heterocycles. The third-order valence-corrected chi connectivity index (χ3v) is 2.36. The van der Waals surface area contributed by atoms with E-state index in [1.54, 1.807) is 12.1 Å². The van der Waals surface area contributed by atoms with Crippen LogP contribution in [0, 0.1) is 11.7 Å². The molecule has 82 valence electrons. The van der Waals surface area contributed by atoms with Gasteiger partial charge in [-0.25, -0.2) is 4.39 Å². The van der Waals surface area contributed by atoms with Crippen LogP contribution in [0.2, 0.25) is 0 Å². The summed E-state index contributed by atoms with van der Waals surface area (Å²) in [6, 6.07) is 5.59. The lowest BCUT2D eigenvalue weighted by molar-refractivity contribution is -0.120. The molecule has 1 rings (SSSR count). The molecule has 0 spiro atoms. The second kappa shape index (κ2) is 5.03.